The summed E-state index contributed by atoms with van der Waals surface area (Å²) in [4.78, 5) is 26.1. The number of carbonyl (C=O) groups excluding carboxylic acids is 1. The van der Waals surface area contributed by atoms with Crippen molar-refractivity contribution in [3.63, 3.8) is 0 Å². The van der Waals surface area contributed by atoms with E-state index >= 15 is 0 Å². The van der Waals surface area contributed by atoms with Gasteiger partial charge in [0.05, 0.1) is 6.20 Å². The molecule has 1 aromatic carbocycles. The minimum Gasteiger partial charge on any atom is -0.340 e. The number of fused-ring (bicyclic) bond motifs is 1. The maximum Gasteiger partial charge on any atom is 0.249 e. The Kier molecular flexibility index (Phi) is 5.63. The molecule has 0 aliphatic carbocycles. The summed E-state index contributed by atoms with van der Waals surface area (Å²) < 4.78 is 0. The maximum atomic E-state index is 12.9. The molecule has 2 aromatic rings. The van der Waals surface area contributed by atoms with Gasteiger partial charge < -0.3 is 15.1 Å². The number of likely N-dealkylation sites (N-methyl/N-ethyl adjacent to an activating group) is 1. The van der Waals surface area contributed by atoms with Gasteiger partial charge in [-0.15, -0.1) is 0 Å². The fourth-order valence-corrected chi connectivity index (χ4v) is 3.71. The van der Waals surface area contributed by atoms with Crippen LogP contribution in [0.15, 0.2) is 30.5 Å². The second-order valence-electron chi connectivity index (χ2n) is 7.09. The molecule has 1 amide bonds. The summed E-state index contributed by atoms with van der Waals surface area (Å²) in [6.07, 6.45) is 4.43. The summed E-state index contributed by atoms with van der Waals surface area (Å²) in [5, 5.41) is 3.28. The molecule has 0 saturated heterocycles. The van der Waals surface area contributed by atoms with Gasteiger partial charge in [0.25, 0.3) is 0 Å². The van der Waals surface area contributed by atoms with Crippen LogP contribution in [-0.2, 0) is 4.79 Å². The Morgan fingerprint density at radius 2 is 1.81 bits per heavy atom. The molecule has 0 spiro atoms. The highest BCUT2D eigenvalue weighted by Crippen LogP contribution is 2.37. The average Bonchev–Trinajstić information content (AvgIpc) is 2.68. The zero-order valence-corrected chi connectivity index (χ0v) is 16.9. The molecule has 1 unspecified atom stereocenters. The molecular formula is C21H29N5O. The molecule has 0 fully saturated rings. The molecule has 0 bridgehead atoms. The second-order valence-corrected chi connectivity index (χ2v) is 7.09. The average molecular weight is 367 g/mol. The topological polar surface area (TPSA) is 61.4 Å². The van der Waals surface area contributed by atoms with Gasteiger partial charge in [-0.25, -0.2) is 4.98 Å². The number of anilines is 4. The van der Waals surface area contributed by atoms with Crippen LogP contribution in [0.3, 0.4) is 0 Å². The van der Waals surface area contributed by atoms with Crippen molar-refractivity contribution in [1.29, 1.82) is 0 Å². The summed E-state index contributed by atoms with van der Waals surface area (Å²) in [5.41, 5.74) is 2.92. The van der Waals surface area contributed by atoms with Crippen molar-refractivity contribution in [2.24, 2.45) is 0 Å². The molecule has 0 radical (unpaired) electrons. The van der Waals surface area contributed by atoms with E-state index in [1.54, 1.807) is 11.1 Å². The number of aryl methyl sites for hydroxylation is 1. The molecule has 6 heteroatoms. The lowest BCUT2D eigenvalue weighted by atomic mass is 10.0. The van der Waals surface area contributed by atoms with Crippen LogP contribution in [-0.4, -0.2) is 35.0 Å². The molecule has 1 aliphatic heterocycles. The van der Waals surface area contributed by atoms with Gasteiger partial charge >= 0.3 is 0 Å². The van der Waals surface area contributed by atoms with Crippen LogP contribution in [0.1, 0.15) is 45.6 Å². The first-order valence-electron chi connectivity index (χ1n) is 9.76. The van der Waals surface area contributed by atoms with Crippen LogP contribution in [0.5, 0.6) is 0 Å². The number of nitrogens with one attached hydrogen (secondary N) is 1. The zero-order chi connectivity index (χ0) is 19.6. The Balaban J connectivity index is 2.03. The van der Waals surface area contributed by atoms with Crippen molar-refractivity contribution in [2.75, 3.05) is 22.2 Å². The lowest BCUT2D eigenvalue weighted by molar-refractivity contribution is -0.120. The largest absolute Gasteiger partial charge is 0.340 e. The minimum atomic E-state index is -0.186. The number of benzene rings is 1. The zero-order valence-electron chi connectivity index (χ0n) is 16.9. The number of amides is 1. The molecule has 27 heavy (non-hydrogen) atoms. The van der Waals surface area contributed by atoms with E-state index in [1.807, 2.05) is 19.2 Å². The predicted molar refractivity (Wildman–Crippen MR) is 111 cm³/mol. The molecule has 0 saturated carbocycles. The normalized spacial score (nSPS) is 16.7. The van der Waals surface area contributed by atoms with E-state index in [2.05, 4.69) is 55.0 Å². The van der Waals surface area contributed by atoms with Crippen molar-refractivity contribution < 1.29 is 4.79 Å². The van der Waals surface area contributed by atoms with Gasteiger partial charge in [0.15, 0.2) is 5.82 Å². The smallest absolute Gasteiger partial charge is 0.249 e. The van der Waals surface area contributed by atoms with Crippen LogP contribution in [0.25, 0.3) is 0 Å². The van der Waals surface area contributed by atoms with Gasteiger partial charge in [-0.3, -0.25) is 4.79 Å². The standard InChI is InChI=1S/C21H29N5O/c1-6-16(7-2)26-17(8-3)20(27)25(5)18-13-22-21(24-19(18)26)23-15-11-9-14(4)10-12-15/h9-13,16-17H,6-8H2,1-5H3,(H,22,23,24). The third-order valence-corrected chi connectivity index (χ3v) is 5.34. The van der Waals surface area contributed by atoms with Crippen LogP contribution < -0.4 is 15.1 Å². The fourth-order valence-electron chi connectivity index (χ4n) is 3.71. The minimum absolute atomic E-state index is 0.111. The van der Waals surface area contributed by atoms with Crippen molar-refractivity contribution in [3.05, 3.63) is 36.0 Å². The van der Waals surface area contributed by atoms with Crippen LogP contribution in [0, 0.1) is 6.92 Å². The van der Waals surface area contributed by atoms with Crippen molar-refractivity contribution in [2.45, 2.75) is 59.0 Å². The number of aromatic nitrogens is 2. The first kappa shape index (κ1) is 19.1. The first-order chi connectivity index (χ1) is 13.0. The van der Waals surface area contributed by atoms with Crippen LogP contribution in [0.4, 0.5) is 23.1 Å². The van der Waals surface area contributed by atoms with E-state index in [9.17, 15) is 4.79 Å². The van der Waals surface area contributed by atoms with E-state index < -0.39 is 0 Å². The molecule has 2 heterocycles. The summed E-state index contributed by atoms with van der Waals surface area (Å²) >= 11 is 0. The highest BCUT2D eigenvalue weighted by molar-refractivity contribution is 6.04. The summed E-state index contributed by atoms with van der Waals surface area (Å²) in [6, 6.07) is 8.22. The molecule has 1 aromatic heterocycles. The highest BCUT2D eigenvalue weighted by atomic mass is 16.2. The first-order valence-corrected chi connectivity index (χ1v) is 9.76. The van der Waals surface area contributed by atoms with E-state index in [-0.39, 0.29) is 18.0 Å². The SMILES string of the molecule is CCC(CC)N1c2nc(Nc3ccc(C)cc3)ncc2N(C)C(=O)C1CC. The third-order valence-electron chi connectivity index (χ3n) is 5.34. The summed E-state index contributed by atoms with van der Waals surface area (Å²) in [6.45, 7) is 8.44. The maximum absolute atomic E-state index is 12.9. The Labute approximate surface area is 161 Å². The van der Waals surface area contributed by atoms with E-state index in [0.717, 1.165) is 36.5 Å². The summed E-state index contributed by atoms with van der Waals surface area (Å²) in [5.74, 6) is 1.49. The quantitative estimate of drug-likeness (QED) is 0.826. The molecular weight excluding hydrogens is 338 g/mol. The molecule has 6 nitrogen and oxygen atoms in total. The number of carbonyl (C=O) groups is 1. The molecule has 144 valence electrons. The third kappa shape index (κ3) is 3.61. The fraction of sp³-hybridized carbons (Fsp3) is 0.476. The van der Waals surface area contributed by atoms with Gasteiger partial charge in [0, 0.05) is 18.8 Å². The number of rotatable bonds is 6. The van der Waals surface area contributed by atoms with Gasteiger partial charge in [0.2, 0.25) is 11.9 Å². The van der Waals surface area contributed by atoms with Gasteiger partial charge in [-0.2, -0.15) is 4.98 Å². The van der Waals surface area contributed by atoms with Crippen molar-refractivity contribution >= 4 is 29.0 Å². The molecule has 1 aliphatic rings. The van der Waals surface area contributed by atoms with Gasteiger partial charge in [-0.1, -0.05) is 38.5 Å². The number of hydrogen-bond donors (Lipinski definition) is 1. The lowest BCUT2D eigenvalue weighted by Crippen LogP contribution is -2.56. The van der Waals surface area contributed by atoms with E-state index in [0.29, 0.717) is 5.95 Å². The van der Waals surface area contributed by atoms with Crippen LogP contribution in [0.2, 0.25) is 0 Å². The Morgan fingerprint density at radius 1 is 1.15 bits per heavy atom. The van der Waals surface area contributed by atoms with Crippen molar-refractivity contribution in [1.82, 2.24) is 9.97 Å². The lowest BCUT2D eigenvalue weighted by Gasteiger charge is -2.44. The Morgan fingerprint density at radius 3 is 2.41 bits per heavy atom. The van der Waals surface area contributed by atoms with E-state index in [1.165, 1.54) is 5.56 Å². The number of nitrogens with zero attached hydrogens (tertiary/aromatic N) is 4. The predicted octanol–water partition coefficient (Wildman–Crippen LogP) is 4.28. The number of hydrogen-bond acceptors (Lipinski definition) is 5. The van der Waals surface area contributed by atoms with Gasteiger partial charge in [0.1, 0.15) is 11.7 Å². The van der Waals surface area contributed by atoms with Crippen molar-refractivity contribution in [3.8, 4) is 0 Å². The monoisotopic (exact) mass is 367 g/mol. The van der Waals surface area contributed by atoms with Crippen LogP contribution >= 0.6 is 0 Å². The summed E-state index contributed by atoms with van der Waals surface area (Å²) in [7, 11) is 1.81. The van der Waals surface area contributed by atoms with Gasteiger partial charge in [-0.05, 0) is 38.3 Å². The molecule has 1 N–H and O–H groups in total. The molecule has 3 rings (SSSR count). The molecule has 1 atom stereocenters. The van der Waals surface area contributed by atoms with E-state index in [4.69, 9.17) is 4.98 Å². The highest BCUT2D eigenvalue weighted by Gasteiger charge is 2.39. The Bertz CT molecular complexity index is 801. The second kappa shape index (κ2) is 7.94. The Hall–Kier alpha value is -2.63.